The quantitative estimate of drug-likeness (QED) is 0.187. The van der Waals surface area contributed by atoms with Gasteiger partial charge in [-0.2, -0.15) is 0 Å². The van der Waals surface area contributed by atoms with E-state index in [1.807, 2.05) is 42.7 Å². The van der Waals surface area contributed by atoms with Crippen molar-refractivity contribution in [1.82, 2.24) is 19.4 Å². The highest BCUT2D eigenvalue weighted by Crippen LogP contribution is 2.41. The molecule has 3 aromatic heterocycles. The molecule has 230 valence electrons. The number of anilines is 1. The number of rotatable bonds is 6. The van der Waals surface area contributed by atoms with Crippen LogP contribution in [-0.2, 0) is 0 Å². The third-order valence-corrected chi connectivity index (χ3v) is 8.88. The number of pyridine rings is 2. The first kappa shape index (κ1) is 28.6. The van der Waals surface area contributed by atoms with Crippen LogP contribution in [0.2, 0.25) is 0 Å². The van der Waals surface area contributed by atoms with Crippen molar-refractivity contribution in [3.05, 3.63) is 145 Å². The van der Waals surface area contributed by atoms with Gasteiger partial charge in [0, 0.05) is 66.0 Å². The summed E-state index contributed by atoms with van der Waals surface area (Å²) in [6.07, 6.45) is 7.89. The SMILES string of the molecule is Cc1cc(C)c(-c2cc(Oc3ccc4c5cccc(-c6ccccn6)c5n(-c5ccccn5)c4c3)cc(N3C=CN(C)C3)c2)c(C)c1. The van der Waals surface area contributed by atoms with Gasteiger partial charge in [-0.3, -0.25) is 9.55 Å². The van der Waals surface area contributed by atoms with Crippen LogP contribution in [0, 0.1) is 20.8 Å². The van der Waals surface area contributed by atoms with Gasteiger partial charge in [-0.25, -0.2) is 4.98 Å². The van der Waals surface area contributed by atoms with Crippen molar-refractivity contribution in [2.45, 2.75) is 20.8 Å². The van der Waals surface area contributed by atoms with Crippen LogP contribution in [-0.4, -0.2) is 33.2 Å². The first-order chi connectivity index (χ1) is 22.9. The minimum absolute atomic E-state index is 0.756. The summed E-state index contributed by atoms with van der Waals surface area (Å²) >= 11 is 0. The lowest BCUT2D eigenvalue weighted by Crippen LogP contribution is -2.21. The highest BCUT2D eigenvalue weighted by Gasteiger charge is 2.20. The molecule has 0 amide bonds. The Hall–Kier alpha value is -5.88. The van der Waals surface area contributed by atoms with E-state index in [0.29, 0.717) is 0 Å². The van der Waals surface area contributed by atoms with E-state index in [-0.39, 0.29) is 0 Å². The molecule has 0 fully saturated rings. The van der Waals surface area contributed by atoms with Crippen LogP contribution >= 0.6 is 0 Å². The van der Waals surface area contributed by atoms with E-state index >= 15 is 0 Å². The lowest BCUT2D eigenvalue weighted by molar-refractivity contribution is 0.481. The summed E-state index contributed by atoms with van der Waals surface area (Å²) in [7, 11) is 2.08. The molecule has 47 heavy (non-hydrogen) atoms. The highest BCUT2D eigenvalue weighted by atomic mass is 16.5. The van der Waals surface area contributed by atoms with Crippen LogP contribution < -0.4 is 9.64 Å². The molecular formula is C41H35N5O. The number of nitrogens with zero attached hydrogens (tertiary/aromatic N) is 5. The van der Waals surface area contributed by atoms with E-state index in [4.69, 9.17) is 14.7 Å². The Bertz CT molecular complexity index is 2280. The van der Waals surface area contributed by atoms with E-state index in [1.54, 1.807) is 0 Å². The van der Waals surface area contributed by atoms with E-state index in [2.05, 4.69) is 127 Å². The van der Waals surface area contributed by atoms with Crippen LogP contribution in [0.1, 0.15) is 16.7 Å². The minimum Gasteiger partial charge on any atom is -0.457 e. The summed E-state index contributed by atoms with van der Waals surface area (Å²) in [5.41, 5.74) is 11.3. The number of aryl methyl sites for hydroxylation is 3. The number of hydrogen-bond donors (Lipinski definition) is 0. The molecule has 0 spiro atoms. The van der Waals surface area contributed by atoms with Crippen molar-refractivity contribution in [2.24, 2.45) is 0 Å². The lowest BCUT2D eigenvalue weighted by Gasteiger charge is -2.21. The third kappa shape index (κ3) is 5.18. The van der Waals surface area contributed by atoms with Gasteiger partial charge in [0.1, 0.15) is 17.3 Å². The van der Waals surface area contributed by atoms with Gasteiger partial charge < -0.3 is 14.5 Å². The largest absolute Gasteiger partial charge is 0.457 e. The second-order valence-corrected chi connectivity index (χ2v) is 12.4. The fourth-order valence-electron chi connectivity index (χ4n) is 6.98. The number of ether oxygens (including phenoxy) is 1. The first-order valence-corrected chi connectivity index (χ1v) is 15.9. The predicted molar refractivity (Wildman–Crippen MR) is 192 cm³/mol. The molecule has 7 aromatic rings. The summed E-state index contributed by atoms with van der Waals surface area (Å²) in [5.74, 6) is 2.38. The maximum Gasteiger partial charge on any atom is 0.137 e. The molecule has 6 heteroatoms. The molecule has 0 saturated heterocycles. The smallest absolute Gasteiger partial charge is 0.137 e. The van der Waals surface area contributed by atoms with Crippen LogP contribution in [0.5, 0.6) is 11.5 Å². The average Bonchev–Trinajstić information content (AvgIpc) is 3.66. The fourth-order valence-corrected chi connectivity index (χ4v) is 6.98. The molecule has 8 rings (SSSR count). The molecule has 0 aliphatic carbocycles. The summed E-state index contributed by atoms with van der Waals surface area (Å²) in [4.78, 5) is 13.9. The maximum atomic E-state index is 6.77. The van der Waals surface area contributed by atoms with E-state index in [9.17, 15) is 0 Å². The molecule has 0 saturated carbocycles. The number of fused-ring (bicyclic) bond motifs is 3. The summed E-state index contributed by atoms with van der Waals surface area (Å²) in [6.45, 7) is 7.31. The van der Waals surface area contributed by atoms with E-state index < -0.39 is 0 Å². The molecule has 1 aliphatic rings. The molecule has 6 nitrogen and oxygen atoms in total. The minimum atomic E-state index is 0.756. The molecule has 0 atom stereocenters. The van der Waals surface area contributed by atoms with Crippen molar-refractivity contribution in [1.29, 1.82) is 0 Å². The maximum absolute atomic E-state index is 6.77. The standard InChI is InChI=1S/C41H35N5O/c1-27-20-28(2)40(29(3)21-27)30-22-31(45-19-18-44(4)26-45)24-33(23-30)47-32-14-15-34-35-10-9-11-36(37-12-5-7-16-42-37)41(35)46(38(34)25-32)39-13-6-8-17-43-39/h5-25H,26H2,1-4H3. The molecule has 0 radical (unpaired) electrons. The summed E-state index contributed by atoms with van der Waals surface area (Å²) in [5, 5.41) is 2.27. The van der Waals surface area contributed by atoms with Crippen LogP contribution in [0.3, 0.4) is 0 Å². The third-order valence-electron chi connectivity index (χ3n) is 8.88. The number of aromatic nitrogens is 3. The molecule has 1 aliphatic heterocycles. The van der Waals surface area contributed by atoms with Crippen molar-refractivity contribution >= 4 is 27.5 Å². The van der Waals surface area contributed by atoms with Crippen molar-refractivity contribution in [3.8, 4) is 39.7 Å². The molecule has 4 aromatic carbocycles. The van der Waals surface area contributed by atoms with Crippen LogP contribution in [0.15, 0.2) is 128 Å². The average molecular weight is 614 g/mol. The topological polar surface area (TPSA) is 46.4 Å². The Balaban J connectivity index is 1.30. The molecule has 0 N–H and O–H groups in total. The van der Waals surface area contributed by atoms with E-state index in [0.717, 1.165) is 68.3 Å². The Labute approximate surface area is 274 Å². The first-order valence-electron chi connectivity index (χ1n) is 15.9. The van der Waals surface area contributed by atoms with Gasteiger partial charge >= 0.3 is 0 Å². The highest BCUT2D eigenvalue weighted by molar-refractivity contribution is 6.13. The summed E-state index contributed by atoms with van der Waals surface area (Å²) in [6, 6.07) is 35.9. The van der Waals surface area contributed by atoms with Crippen LogP contribution in [0.4, 0.5) is 5.69 Å². The van der Waals surface area contributed by atoms with Crippen LogP contribution in [0.25, 0.3) is 50.0 Å². The molecule has 0 unspecified atom stereocenters. The van der Waals surface area contributed by atoms with Gasteiger partial charge in [-0.05, 0) is 91.6 Å². The fraction of sp³-hybridized carbons (Fsp3) is 0.122. The normalized spacial score (nSPS) is 12.9. The van der Waals surface area contributed by atoms with Gasteiger partial charge in [0.05, 0.1) is 23.4 Å². The van der Waals surface area contributed by atoms with Crippen molar-refractivity contribution in [3.63, 3.8) is 0 Å². The number of para-hydroxylation sites is 1. The Morgan fingerprint density at radius 1 is 0.681 bits per heavy atom. The zero-order chi connectivity index (χ0) is 32.1. The second-order valence-electron chi connectivity index (χ2n) is 12.4. The molecule has 4 heterocycles. The van der Waals surface area contributed by atoms with Gasteiger partial charge in [-0.15, -0.1) is 0 Å². The molecular weight excluding hydrogens is 578 g/mol. The Morgan fingerprint density at radius 3 is 2.21 bits per heavy atom. The zero-order valence-electron chi connectivity index (χ0n) is 27.0. The lowest BCUT2D eigenvalue weighted by atomic mass is 9.93. The van der Waals surface area contributed by atoms with Gasteiger partial charge in [0.2, 0.25) is 0 Å². The predicted octanol–water partition coefficient (Wildman–Crippen LogP) is 9.81. The number of benzene rings is 4. The Kier molecular flexibility index (Phi) is 6.98. The van der Waals surface area contributed by atoms with Crippen molar-refractivity contribution in [2.75, 3.05) is 18.6 Å². The number of hydrogen-bond acceptors (Lipinski definition) is 5. The Morgan fingerprint density at radius 2 is 1.49 bits per heavy atom. The summed E-state index contributed by atoms with van der Waals surface area (Å²) < 4.78 is 9.00. The molecule has 0 bridgehead atoms. The van der Waals surface area contributed by atoms with Gasteiger partial charge in [0.15, 0.2) is 0 Å². The van der Waals surface area contributed by atoms with Gasteiger partial charge in [0.25, 0.3) is 0 Å². The zero-order valence-corrected chi connectivity index (χ0v) is 27.0. The van der Waals surface area contributed by atoms with Crippen molar-refractivity contribution < 1.29 is 4.74 Å². The van der Waals surface area contributed by atoms with Gasteiger partial charge in [-0.1, -0.05) is 48.0 Å². The monoisotopic (exact) mass is 613 g/mol. The van der Waals surface area contributed by atoms with E-state index in [1.165, 1.54) is 22.3 Å². The second kappa shape index (κ2) is 11.5.